The molecule has 1 fully saturated rings. The van der Waals surface area contributed by atoms with Crippen LogP contribution >= 0.6 is 24.0 Å². The molecule has 1 aliphatic rings. The van der Waals surface area contributed by atoms with Gasteiger partial charge in [-0.15, -0.1) is 24.0 Å². The fourth-order valence-corrected chi connectivity index (χ4v) is 3.04. The number of guanidine groups is 1. The fourth-order valence-electron chi connectivity index (χ4n) is 3.04. The van der Waals surface area contributed by atoms with Gasteiger partial charge < -0.3 is 20.1 Å². The molecule has 1 aliphatic heterocycles. The third kappa shape index (κ3) is 9.43. The molecule has 1 unspecified atom stereocenters. The van der Waals surface area contributed by atoms with E-state index in [0.29, 0.717) is 12.5 Å². The van der Waals surface area contributed by atoms with Gasteiger partial charge in [0.2, 0.25) is 0 Å². The molecular weight excluding hydrogens is 467 g/mol. The lowest BCUT2D eigenvalue weighted by atomic mass is 10.1. The average Bonchev–Trinajstić information content (AvgIpc) is 2.62. The molecule has 2 N–H and O–H groups in total. The molecule has 2 rings (SSSR count). The van der Waals surface area contributed by atoms with Gasteiger partial charge in [0.05, 0.1) is 13.2 Å². The Morgan fingerprint density at radius 2 is 1.89 bits per heavy atom. The van der Waals surface area contributed by atoms with Gasteiger partial charge in [0.15, 0.2) is 5.96 Å². The van der Waals surface area contributed by atoms with Crippen molar-refractivity contribution in [1.82, 2.24) is 15.5 Å². The number of nitrogens with one attached hydrogen (secondary N) is 2. The van der Waals surface area contributed by atoms with Crippen molar-refractivity contribution in [2.45, 2.75) is 39.8 Å². The number of para-hydroxylation sites is 1. The molecule has 0 aromatic heterocycles. The van der Waals surface area contributed by atoms with E-state index >= 15 is 0 Å². The van der Waals surface area contributed by atoms with Crippen LogP contribution in [0.25, 0.3) is 0 Å². The van der Waals surface area contributed by atoms with Crippen molar-refractivity contribution >= 4 is 29.9 Å². The quantitative estimate of drug-likeness (QED) is 0.340. The highest BCUT2D eigenvalue weighted by Gasteiger charge is 2.15. The minimum absolute atomic E-state index is 0. The summed E-state index contributed by atoms with van der Waals surface area (Å²) >= 11 is 0. The second-order valence-corrected chi connectivity index (χ2v) is 8.15. The predicted molar refractivity (Wildman–Crippen MR) is 127 cm³/mol. The van der Waals surface area contributed by atoms with Crippen molar-refractivity contribution in [3.63, 3.8) is 0 Å². The summed E-state index contributed by atoms with van der Waals surface area (Å²) in [5, 5.41) is 6.83. The molecule has 0 saturated carbocycles. The topological polar surface area (TPSA) is 58.1 Å². The van der Waals surface area contributed by atoms with Gasteiger partial charge in [-0.1, -0.05) is 25.1 Å². The van der Waals surface area contributed by atoms with Crippen molar-refractivity contribution in [2.75, 3.05) is 46.4 Å². The number of halogens is 1. The molecule has 0 radical (unpaired) electrons. The number of rotatable bonds is 7. The van der Waals surface area contributed by atoms with Crippen LogP contribution in [-0.4, -0.2) is 62.9 Å². The normalized spacial score (nSPS) is 16.8. The highest BCUT2D eigenvalue weighted by atomic mass is 127. The third-order valence-electron chi connectivity index (χ3n) is 4.35. The van der Waals surface area contributed by atoms with Gasteiger partial charge in [0.25, 0.3) is 0 Å². The monoisotopic (exact) mass is 504 g/mol. The molecule has 6 nitrogen and oxygen atoms in total. The largest absolute Gasteiger partial charge is 0.488 e. The summed E-state index contributed by atoms with van der Waals surface area (Å²) in [4.78, 5) is 6.81. The fraction of sp³-hybridized carbons (Fsp3) is 0.667. The van der Waals surface area contributed by atoms with Crippen molar-refractivity contribution in [2.24, 2.45) is 10.9 Å². The van der Waals surface area contributed by atoms with Gasteiger partial charge in [-0.25, -0.2) is 0 Å². The molecule has 1 heterocycles. The smallest absolute Gasteiger partial charge is 0.191 e. The first-order valence-corrected chi connectivity index (χ1v) is 9.89. The van der Waals surface area contributed by atoms with Crippen LogP contribution in [0.5, 0.6) is 5.75 Å². The van der Waals surface area contributed by atoms with Crippen LogP contribution in [-0.2, 0) is 11.3 Å². The maximum absolute atomic E-state index is 6.07. The second-order valence-electron chi connectivity index (χ2n) is 8.15. The van der Waals surface area contributed by atoms with Crippen LogP contribution in [0.15, 0.2) is 29.3 Å². The molecule has 0 spiro atoms. The Labute approximate surface area is 187 Å². The lowest BCUT2D eigenvalue weighted by molar-refractivity contribution is 0.0320. The van der Waals surface area contributed by atoms with Gasteiger partial charge >= 0.3 is 0 Å². The van der Waals surface area contributed by atoms with E-state index in [1.165, 1.54) is 0 Å². The third-order valence-corrected chi connectivity index (χ3v) is 4.35. The minimum Gasteiger partial charge on any atom is -0.488 e. The average molecular weight is 504 g/mol. The lowest BCUT2D eigenvalue weighted by Gasteiger charge is -2.29. The molecule has 1 aromatic rings. The zero-order valence-corrected chi connectivity index (χ0v) is 20.3. The van der Waals surface area contributed by atoms with E-state index in [4.69, 9.17) is 9.47 Å². The molecule has 7 heteroatoms. The number of hydrogen-bond donors (Lipinski definition) is 2. The standard InChI is InChI=1S/C21H36N4O2.HI/c1-17(16-25-10-12-26-13-11-25)14-23-20(22-5)24-15-18-8-6-7-9-19(18)27-21(2,3)4;/h6-9,17H,10-16H2,1-5H3,(H2,22,23,24);1H. The van der Waals surface area contributed by atoms with Crippen molar-refractivity contribution < 1.29 is 9.47 Å². The number of morpholine rings is 1. The molecule has 0 amide bonds. The van der Waals surface area contributed by atoms with Crippen molar-refractivity contribution in [3.05, 3.63) is 29.8 Å². The van der Waals surface area contributed by atoms with E-state index in [0.717, 1.165) is 56.7 Å². The van der Waals surface area contributed by atoms with E-state index in [-0.39, 0.29) is 29.6 Å². The van der Waals surface area contributed by atoms with Crippen molar-refractivity contribution in [1.29, 1.82) is 0 Å². The van der Waals surface area contributed by atoms with Crippen LogP contribution in [0, 0.1) is 5.92 Å². The maximum atomic E-state index is 6.07. The Kier molecular flexibility index (Phi) is 11.1. The Balaban J connectivity index is 0.00000392. The molecule has 0 bridgehead atoms. The van der Waals surface area contributed by atoms with E-state index in [2.05, 4.69) is 54.3 Å². The number of benzene rings is 1. The van der Waals surface area contributed by atoms with E-state index < -0.39 is 0 Å². The Hall–Kier alpha value is -1.06. The lowest BCUT2D eigenvalue weighted by Crippen LogP contribution is -2.43. The molecule has 28 heavy (non-hydrogen) atoms. The van der Waals surface area contributed by atoms with Crippen LogP contribution in [0.3, 0.4) is 0 Å². The zero-order valence-electron chi connectivity index (χ0n) is 18.0. The Morgan fingerprint density at radius 1 is 1.21 bits per heavy atom. The minimum atomic E-state index is -0.217. The van der Waals surface area contributed by atoms with Gasteiger partial charge in [-0.05, 0) is 32.8 Å². The van der Waals surface area contributed by atoms with Crippen LogP contribution in [0.1, 0.15) is 33.3 Å². The molecule has 1 aromatic carbocycles. The number of aliphatic imine (C=N–C) groups is 1. The van der Waals surface area contributed by atoms with E-state index in [1.807, 2.05) is 18.2 Å². The summed E-state index contributed by atoms with van der Waals surface area (Å²) in [6, 6.07) is 8.14. The summed E-state index contributed by atoms with van der Waals surface area (Å²) in [6.45, 7) is 14.8. The zero-order chi connectivity index (χ0) is 19.7. The highest BCUT2D eigenvalue weighted by molar-refractivity contribution is 14.0. The molecule has 0 aliphatic carbocycles. The Morgan fingerprint density at radius 3 is 2.54 bits per heavy atom. The van der Waals surface area contributed by atoms with Crippen molar-refractivity contribution in [3.8, 4) is 5.75 Å². The SMILES string of the molecule is CN=C(NCc1ccccc1OC(C)(C)C)NCC(C)CN1CCOCC1.I. The van der Waals surface area contributed by atoms with Crippen LogP contribution in [0.4, 0.5) is 0 Å². The number of hydrogen-bond acceptors (Lipinski definition) is 4. The Bertz CT molecular complexity index is 598. The maximum Gasteiger partial charge on any atom is 0.191 e. The molecule has 1 saturated heterocycles. The summed E-state index contributed by atoms with van der Waals surface area (Å²) in [6.07, 6.45) is 0. The first-order valence-electron chi connectivity index (χ1n) is 9.89. The molecular formula is C21H37IN4O2. The highest BCUT2D eigenvalue weighted by Crippen LogP contribution is 2.22. The number of ether oxygens (including phenoxy) is 2. The number of nitrogens with zero attached hydrogens (tertiary/aromatic N) is 2. The predicted octanol–water partition coefficient (Wildman–Crippen LogP) is 3.12. The summed E-state index contributed by atoms with van der Waals surface area (Å²) in [7, 11) is 1.81. The summed E-state index contributed by atoms with van der Waals surface area (Å²) < 4.78 is 11.5. The van der Waals surface area contributed by atoms with E-state index in [9.17, 15) is 0 Å². The first kappa shape index (κ1) is 25.0. The van der Waals surface area contributed by atoms with Gasteiger partial charge in [0.1, 0.15) is 11.4 Å². The molecule has 160 valence electrons. The van der Waals surface area contributed by atoms with Gasteiger partial charge in [-0.3, -0.25) is 9.89 Å². The molecule has 1 atom stereocenters. The van der Waals surface area contributed by atoms with Crippen LogP contribution in [0.2, 0.25) is 0 Å². The van der Waals surface area contributed by atoms with Gasteiger partial charge in [0, 0.05) is 45.3 Å². The second kappa shape index (κ2) is 12.5. The first-order chi connectivity index (χ1) is 12.9. The van der Waals surface area contributed by atoms with Crippen LogP contribution < -0.4 is 15.4 Å². The summed E-state index contributed by atoms with van der Waals surface area (Å²) in [5.74, 6) is 2.26. The summed E-state index contributed by atoms with van der Waals surface area (Å²) in [5.41, 5.74) is 0.905. The van der Waals surface area contributed by atoms with Gasteiger partial charge in [-0.2, -0.15) is 0 Å². The van der Waals surface area contributed by atoms with E-state index in [1.54, 1.807) is 7.05 Å².